The Balaban J connectivity index is 1.59. The maximum atomic E-state index is 12.2. The highest BCUT2D eigenvalue weighted by atomic mass is 32.2. The number of carbonyl (C=O) groups excluding carboxylic acids is 1. The molecule has 1 amide bonds. The van der Waals surface area contributed by atoms with Gasteiger partial charge in [-0.15, -0.1) is 10.2 Å². The Morgan fingerprint density at radius 1 is 1.10 bits per heavy atom. The predicted octanol–water partition coefficient (Wildman–Crippen LogP) is 3.82. The lowest BCUT2D eigenvalue weighted by Crippen LogP contribution is -2.14. The number of halogens is 2. The van der Waals surface area contributed by atoms with Crippen LogP contribution >= 0.6 is 11.8 Å². The summed E-state index contributed by atoms with van der Waals surface area (Å²) in [5, 5.41) is 11.6. The van der Waals surface area contributed by atoms with E-state index in [2.05, 4.69) is 20.3 Å². The number of ether oxygens (including phenoxy) is 2. The summed E-state index contributed by atoms with van der Waals surface area (Å²) in [7, 11) is 3.34. The molecule has 0 bridgehead atoms. The van der Waals surface area contributed by atoms with Crippen molar-refractivity contribution >= 4 is 23.4 Å². The predicted molar refractivity (Wildman–Crippen MR) is 105 cm³/mol. The molecule has 1 heterocycles. The van der Waals surface area contributed by atoms with Crippen LogP contribution in [0.3, 0.4) is 0 Å². The van der Waals surface area contributed by atoms with Gasteiger partial charge in [0.25, 0.3) is 0 Å². The summed E-state index contributed by atoms with van der Waals surface area (Å²) in [6.07, 6.45) is 0. The van der Waals surface area contributed by atoms with Crippen molar-refractivity contribution in [1.29, 1.82) is 0 Å². The molecule has 0 saturated heterocycles. The highest BCUT2D eigenvalue weighted by Crippen LogP contribution is 2.25. The lowest BCUT2D eigenvalue weighted by Gasteiger charge is -2.07. The molecule has 1 N–H and O–H groups in total. The second-order valence-corrected chi connectivity index (χ2v) is 6.78. The first-order chi connectivity index (χ1) is 14.0. The lowest BCUT2D eigenvalue weighted by molar-refractivity contribution is -0.113. The Morgan fingerprint density at radius 2 is 1.76 bits per heavy atom. The molecule has 29 heavy (non-hydrogen) atoms. The Labute approximate surface area is 170 Å². The Kier molecular flexibility index (Phi) is 6.65. The SMILES string of the molecule is COc1ccc(NC(=O)CSc2nnc(-c3ccc(OC(F)F)cc3)n2C)cc1. The fraction of sp³-hybridized carbons (Fsp3) is 0.211. The third kappa shape index (κ3) is 5.44. The average Bonchev–Trinajstić information content (AvgIpc) is 3.07. The molecule has 0 radical (unpaired) electrons. The van der Waals surface area contributed by atoms with Gasteiger partial charge in [-0.25, -0.2) is 0 Å². The Hall–Kier alpha value is -3.14. The third-order valence-corrected chi connectivity index (χ3v) is 4.90. The van der Waals surface area contributed by atoms with E-state index in [-0.39, 0.29) is 17.4 Å². The van der Waals surface area contributed by atoms with Gasteiger partial charge < -0.3 is 19.4 Å². The molecule has 0 unspecified atom stereocenters. The monoisotopic (exact) mass is 420 g/mol. The van der Waals surface area contributed by atoms with Crippen LogP contribution in [0.2, 0.25) is 0 Å². The van der Waals surface area contributed by atoms with E-state index in [1.54, 1.807) is 55.1 Å². The number of hydrogen-bond donors (Lipinski definition) is 1. The average molecular weight is 420 g/mol. The summed E-state index contributed by atoms with van der Waals surface area (Å²) in [5.41, 5.74) is 1.36. The van der Waals surface area contributed by atoms with Gasteiger partial charge in [-0.1, -0.05) is 11.8 Å². The van der Waals surface area contributed by atoms with Crippen LogP contribution in [0, 0.1) is 0 Å². The second-order valence-electron chi connectivity index (χ2n) is 5.83. The van der Waals surface area contributed by atoms with E-state index in [0.29, 0.717) is 28.0 Å². The second kappa shape index (κ2) is 9.37. The number of hydrogen-bond acceptors (Lipinski definition) is 6. The Bertz CT molecular complexity index is 963. The van der Waals surface area contributed by atoms with Crippen molar-refractivity contribution in [3.63, 3.8) is 0 Å². The van der Waals surface area contributed by atoms with Gasteiger partial charge in [0, 0.05) is 18.3 Å². The van der Waals surface area contributed by atoms with E-state index in [4.69, 9.17) is 4.74 Å². The van der Waals surface area contributed by atoms with Crippen LogP contribution in [0.4, 0.5) is 14.5 Å². The summed E-state index contributed by atoms with van der Waals surface area (Å²) in [4.78, 5) is 12.2. The number of methoxy groups -OCH3 is 1. The van der Waals surface area contributed by atoms with Gasteiger partial charge in [-0.2, -0.15) is 8.78 Å². The zero-order chi connectivity index (χ0) is 20.8. The standard InChI is InChI=1S/C19H18F2N4O3S/c1-25-17(12-3-7-15(8-4-12)28-18(20)21)23-24-19(25)29-11-16(26)22-13-5-9-14(27-2)10-6-13/h3-10,18H,11H2,1-2H3,(H,22,26). The number of nitrogens with one attached hydrogen (secondary N) is 1. The van der Waals surface area contributed by atoms with Crippen LogP contribution in [0.1, 0.15) is 0 Å². The number of thioether (sulfide) groups is 1. The van der Waals surface area contributed by atoms with Gasteiger partial charge in [0.05, 0.1) is 12.9 Å². The van der Waals surface area contributed by atoms with Crippen molar-refractivity contribution in [2.45, 2.75) is 11.8 Å². The summed E-state index contributed by atoms with van der Waals surface area (Å²) >= 11 is 1.24. The van der Waals surface area contributed by atoms with Crippen LogP contribution in [0.5, 0.6) is 11.5 Å². The minimum absolute atomic E-state index is 0.0655. The minimum Gasteiger partial charge on any atom is -0.497 e. The molecular formula is C19H18F2N4O3S. The molecular weight excluding hydrogens is 402 g/mol. The van der Waals surface area contributed by atoms with E-state index < -0.39 is 6.61 Å². The van der Waals surface area contributed by atoms with E-state index in [9.17, 15) is 13.6 Å². The van der Waals surface area contributed by atoms with Gasteiger partial charge in [0.1, 0.15) is 11.5 Å². The normalized spacial score (nSPS) is 10.8. The number of alkyl halides is 2. The molecule has 2 aromatic carbocycles. The number of benzene rings is 2. The molecule has 0 spiro atoms. The molecule has 3 rings (SSSR count). The molecule has 0 fully saturated rings. The van der Waals surface area contributed by atoms with Crippen LogP contribution < -0.4 is 14.8 Å². The number of rotatable bonds is 8. The molecule has 10 heteroatoms. The summed E-state index contributed by atoms with van der Waals surface area (Å²) in [6.45, 7) is -2.87. The summed E-state index contributed by atoms with van der Waals surface area (Å²) in [6, 6.07) is 13.1. The van der Waals surface area contributed by atoms with Crippen LogP contribution in [0.25, 0.3) is 11.4 Å². The maximum absolute atomic E-state index is 12.2. The first-order valence-electron chi connectivity index (χ1n) is 8.47. The molecule has 3 aromatic rings. The molecule has 0 aliphatic heterocycles. The number of nitrogens with zero attached hydrogens (tertiary/aromatic N) is 3. The molecule has 1 aromatic heterocycles. The van der Waals surface area contributed by atoms with Crippen LogP contribution in [-0.2, 0) is 11.8 Å². The maximum Gasteiger partial charge on any atom is 0.387 e. The number of amides is 1. The van der Waals surface area contributed by atoms with Gasteiger partial charge in [0.2, 0.25) is 5.91 Å². The van der Waals surface area contributed by atoms with Gasteiger partial charge >= 0.3 is 6.61 Å². The highest BCUT2D eigenvalue weighted by Gasteiger charge is 2.14. The molecule has 0 aliphatic carbocycles. The topological polar surface area (TPSA) is 78.3 Å². The first kappa shape index (κ1) is 20.6. The lowest BCUT2D eigenvalue weighted by atomic mass is 10.2. The summed E-state index contributed by atoms with van der Waals surface area (Å²) in [5.74, 6) is 1.29. The molecule has 0 atom stereocenters. The Morgan fingerprint density at radius 3 is 2.38 bits per heavy atom. The first-order valence-corrected chi connectivity index (χ1v) is 9.46. The van der Waals surface area contributed by atoms with E-state index in [0.717, 1.165) is 0 Å². The number of aromatic nitrogens is 3. The quantitative estimate of drug-likeness (QED) is 0.558. The largest absolute Gasteiger partial charge is 0.497 e. The highest BCUT2D eigenvalue weighted by molar-refractivity contribution is 7.99. The van der Waals surface area contributed by atoms with Crippen molar-refractivity contribution in [2.75, 3.05) is 18.2 Å². The molecule has 7 nitrogen and oxygen atoms in total. The van der Waals surface area contributed by atoms with Crippen molar-refractivity contribution < 1.29 is 23.0 Å². The zero-order valence-corrected chi connectivity index (χ0v) is 16.5. The van der Waals surface area contributed by atoms with Crippen LogP contribution in [-0.4, -0.2) is 40.1 Å². The zero-order valence-electron chi connectivity index (χ0n) is 15.6. The fourth-order valence-electron chi connectivity index (χ4n) is 2.48. The van der Waals surface area contributed by atoms with Crippen LogP contribution in [0.15, 0.2) is 53.7 Å². The summed E-state index contributed by atoms with van der Waals surface area (Å²) < 4.78 is 35.6. The smallest absolute Gasteiger partial charge is 0.387 e. The molecule has 152 valence electrons. The number of anilines is 1. The van der Waals surface area contributed by atoms with Crippen molar-refractivity contribution in [1.82, 2.24) is 14.8 Å². The fourth-order valence-corrected chi connectivity index (χ4v) is 3.19. The third-order valence-electron chi connectivity index (χ3n) is 3.88. The van der Waals surface area contributed by atoms with Gasteiger partial charge in [-0.3, -0.25) is 4.79 Å². The van der Waals surface area contributed by atoms with E-state index in [1.807, 2.05) is 0 Å². The van der Waals surface area contributed by atoms with Crippen molar-refractivity contribution in [2.24, 2.45) is 7.05 Å². The van der Waals surface area contributed by atoms with Crippen molar-refractivity contribution in [3.05, 3.63) is 48.5 Å². The van der Waals surface area contributed by atoms with E-state index in [1.165, 1.54) is 23.9 Å². The number of carbonyl (C=O) groups is 1. The van der Waals surface area contributed by atoms with Gasteiger partial charge in [0.15, 0.2) is 11.0 Å². The molecule has 0 aliphatic rings. The van der Waals surface area contributed by atoms with Crippen molar-refractivity contribution in [3.8, 4) is 22.9 Å². The van der Waals surface area contributed by atoms with Gasteiger partial charge in [-0.05, 0) is 48.5 Å². The minimum atomic E-state index is -2.87. The van der Waals surface area contributed by atoms with E-state index >= 15 is 0 Å². The molecule has 0 saturated carbocycles.